The van der Waals surface area contributed by atoms with Crippen LogP contribution in [0.4, 0.5) is 0 Å². The molecule has 0 N–H and O–H groups in total. The summed E-state index contributed by atoms with van der Waals surface area (Å²) < 4.78 is 39.4. The van der Waals surface area contributed by atoms with Crippen molar-refractivity contribution in [2.75, 3.05) is 13.2 Å². The molecule has 0 aliphatic carbocycles. The second kappa shape index (κ2) is 23.2. The van der Waals surface area contributed by atoms with Crippen molar-refractivity contribution >= 4 is 22.2 Å². The molecule has 0 atom stereocenters. The normalized spacial score (nSPS) is 11.2. The first-order valence-electron chi connectivity index (χ1n) is 11.6. The van der Waals surface area contributed by atoms with E-state index in [2.05, 4.69) is 4.18 Å². The topological polar surface area (TPSA) is 110 Å². The molecule has 0 aliphatic rings. The molecule has 7 nitrogen and oxygen atoms in total. The van der Waals surface area contributed by atoms with Crippen LogP contribution in [0.15, 0.2) is 0 Å². The molecule has 0 amide bonds. The van der Waals surface area contributed by atoms with E-state index in [0.717, 1.165) is 32.1 Å². The predicted molar refractivity (Wildman–Crippen MR) is 116 cm³/mol. The SMILES string of the molecule is CCC(=O)CCCCCCCCCCCCCCCCC(=O)OCCOS(=O)(=O)[O-].[Na+]. The van der Waals surface area contributed by atoms with Crippen molar-refractivity contribution in [1.82, 2.24) is 0 Å². The van der Waals surface area contributed by atoms with Crippen LogP contribution in [0.2, 0.25) is 0 Å². The largest absolute Gasteiger partial charge is 1.00 e. The Morgan fingerprint density at radius 1 is 0.677 bits per heavy atom. The Morgan fingerprint density at radius 2 is 1.06 bits per heavy atom. The molecule has 0 aromatic rings. The Bertz CT molecular complexity index is 538. The summed E-state index contributed by atoms with van der Waals surface area (Å²) in [7, 11) is -4.72. The molecule has 31 heavy (non-hydrogen) atoms. The van der Waals surface area contributed by atoms with Crippen LogP contribution in [0, 0.1) is 0 Å². The van der Waals surface area contributed by atoms with Gasteiger partial charge in [-0.25, -0.2) is 8.42 Å². The maximum Gasteiger partial charge on any atom is 1.00 e. The van der Waals surface area contributed by atoms with Crippen LogP contribution in [0.5, 0.6) is 0 Å². The molecule has 0 saturated heterocycles. The summed E-state index contributed by atoms with van der Waals surface area (Å²) in [6.07, 6.45) is 18.2. The third-order valence-corrected chi connectivity index (χ3v) is 5.51. The first-order chi connectivity index (χ1) is 14.3. The third-order valence-electron chi connectivity index (χ3n) is 5.05. The van der Waals surface area contributed by atoms with Gasteiger partial charge in [-0.15, -0.1) is 0 Å². The molecule has 0 bridgehead atoms. The fourth-order valence-corrected chi connectivity index (χ4v) is 3.53. The smallest absolute Gasteiger partial charge is 0.726 e. The van der Waals surface area contributed by atoms with E-state index in [4.69, 9.17) is 4.74 Å². The summed E-state index contributed by atoms with van der Waals surface area (Å²) >= 11 is 0. The van der Waals surface area contributed by atoms with Gasteiger partial charge in [0.1, 0.15) is 12.4 Å². The molecule has 9 heteroatoms. The zero-order valence-corrected chi connectivity index (χ0v) is 22.5. The first kappa shape index (κ1) is 33.2. The quantitative estimate of drug-likeness (QED) is 0.0781. The Hall–Kier alpha value is 0.01000. The summed E-state index contributed by atoms with van der Waals surface area (Å²) in [6, 6.07) is 0. The van der Waals surface area contributed by atoms with Crippen LogP contribution in [0.25, 0.3) is 0 Å². The molecule has 0 spiro atoms. The fourth-order valence-electron chi connectivity index (χ4n) is 3.25. The molecule has 0 rings (SSSR count). The molecule has 0 radical (unpaired) electrons. The first-order valence-corrected chi connectivity index (χ1v) is 13.0. The number of unbranched alkanes of at least 4 members (excludes halogenated alkanes) is 13. The minimum Gasteiger partial charge on any atom is -0.726 e. The van der Waals surface area contributed by atoms with Crippen molar-refractivity contribution in [1.29, 1.82) is 0 Å². The van der Waals surface area contributed by atoms with Gasteiger partial charge in [-0.2, -0.15) is 0 Å². The third kappa shape index (κ3) is 28.0. The van der Waals surface area contributed by atoms with Crippen LogP contribution in [0.3, 0.4) is 0 Å². The van der Waals surface area contributed by atoms with Crippen LogP contribution in [0.1, 0.15) is 116 Å². The number of rotatable bonds is 22. The van der Waals surface area contributed by atoms with Crippen LogP contribution >= 0.6 is 0 Å². The number of carbonyl (C=O) groups excluding carboxylic acids is 2. The Morgan fingerprint density at radius 3 is 1.45 bits per heavy atom. The van der Waals surface area contributed by atoms with Crippen molar-refractivity contribution in [3.8, 4) is 0 Å². The average molecular weight is 473 g/mol. The van der Waals surface area contributed by atoms with Gasteiger partial charge >= 0.3 is 35.5 Å². The maximum absolute atomic E-state index is 11.4. The van der Waals surface area contributed by atoms with Gasteiger partial charge in [-0.05, 0) is 12.8 Å². The summed E-state index contributed by atoms with van der Waals surface area (Å²) in [6.45, 7) is 1.28. The second-order valence-electron chi connectivity index (χ2n) is 7.79. The van der Waals surface area contributed by atoms with Gasteiger partial charge < -0.3 is 9.29 Å². The second-order valence-corrected chi connectivity index (χ2v) is 8.84. The zero-order chi connectivity index (χ0) is 22.5. The van der Waals surface area contributed by atoms with E-state index in [9.17, 15) is 22.6 Å². The minimum atomic E-state index is -4.72. The summed E-state index contributed by atoms with van der Waals surface area (Å²) in [5.41, 5.74) is 0. The number of carbonyl (C=O) groups is 2. The molecule has 0 aliphatic heterocycles. The molecular formula is C22H41NaO7S. The molecule has 0 heterocycles. The number of ether oxygens (including phenoxy) is 1. The Kier molecular flexibility index (Phi) is 24.8. The van der Waals surface area contributed by atoms with Gasteiger partial charge in [0, 0.05) is 19.3 Å². The molecule has 0 fully saturated rings. The average Bonchev–Trinajstić information content (AvgIpc) is 2.69. The zero-order valence-electron chi connectivity index (χ0n) is 19.7. The van der Waals surface area contributed by atoms with Crippen LogP contribution in [-0.2, 0) is 28.9 Å². The van der Waals surface area contributed by atoms with Gasteiger partial charge in [0.15, 0.2) is 0 Å². The predicted octanol–water partition coefficient (Wildman–Crippen LogP) is 2.23. The van der Waals surface area contributed by atoms with Gasteiger partial charge in [0.2, 0.25) is 10.4 Å². The van der Waals surface area contributed by atoms with Crippen molar-refractivity contribution in [2.24, 2.45) is 0 Å². The summed E-state index contributed by atoms with van der Waals surface area (Å²) in [5, 5.41) is 0. The van der Waals surface area contributed by atoms with E-state index < -0.39 is 23.0 Å². The number of hydrogen-bond acceptors (Lipinski definition) is 7. The van der Waals surface area contributed by atoms with E-state index in [1.165, 1.54) is 64.2 Å². The number of esters is 1. The van der Waals surface area contributed by atoms with Crippen molar-refractivity contribution in [3.63, 3.8) is 0 Å². The van der Waals surface area contributed by atoms with Crippen molar-refractivity contribution < 1.29 is 61.0 Å². The van der Waals surface area contributed by atoms with Crippen LogP contribution < -0.4 is 29.6 Å². The maximum atomic E-state index is 11.4. The summed E-state index contributed by atoms with van der Waals surface area (Å²) in [5.74, 6) is -0.00555. The Balaban J connectivity index is 0. The van der Waals surface area contributed by atoms with E-state index in [-0.39, 0.29) is 36.2 Å². The molecule has 0 unspecified atom stereocenters. The van der Waals surface area contributed by atoms with Gasteiger partial charge in [0.05, 0.1) is 6.61 Å². The number of Topliss-reactive ketones (excluding diaryl/α,β-unsaturated/α-hetero) is 1. The van der Waals surface area contributed by atoms with Crippen LogP contribution in [-0.4, -0.2) is 37.9 Å². The molecule has 0 aromatic carbocycles. The monoisotopic (exact) mass is 472 g/mol. The van der Waals surface area contributed by atoms with Gasteiger partial charge in [0.25, 0.3) is 0 Å². The van der Waals surface area contributed by atoms with Crippen molar-refractivity contribution in [2.45, 2.75) is 116 Å². The molecule has 178 valence electrons. The standard InChI is InChI=1S/C22H42O7S.Na/c1-2-21(23)17-15-13-11-9-7-5-3-4-6-8-10-12-14-16-18-22(24)28-19-20-29-30(25,26)27;/h2-20H2,1H3,(H,25,26,27);/q;+1/p-1. The molecular weight excluding hydrogens is 431 g/mol. The van der Waals surface area contributed by atoms with Crippen molar-refractivity contribution in [3.05, 3.63) is 0 Å². The Labute approximate surface area is 211 Å². The van der Waals surface area contributed by atoms with Gasteiger partial charge in [-0.3, -0.25) is 13.8 Å². The summed E-state index contributed by atoms with van der Waals surface area (Å²) in [4.78, 5) is 22.6. The van der Waals surface area contributed by atoms with E-state index in [1.807, 2.05) is 6.92 Å². The van der Waals surface area contributed by atoms with E-state index in [1.54, 1.807) is 0 Å². The fraction of sp³-hybridized carbons (Fsp3) is 0.909. The van der Waals surface area contributed by atoms with E-state index in [0.29, 0.717) is 18.6 Å². The van der Waals surface area contributed by atoms with E-state index >= 15 is 0 Å². The molecule has 0 saturated carbocycles. The van der Waals surface area contributed by atoms with Gasteiger partial charge in [-0.1, -0.05) is 84.0 Å². The minimum absolute atomic E-state index is 0. The molecule has 0 aromatic heterocycles. The number of hydrogen-bond donors (Lipinski definition) is 0. The number of ketones is 1.